The molecule has 0 saturated heterocycles. The van der Waals surface area contributed by atoms with Gasteiger partial charge in [0.2, 0.25) is 11.5 Å². The van der Waals surface area contributed by atoms with Crippen LogP contribution in [0.1, 0.15) is 24.5 Å². The molecular weight excluding hydrogens is 438 g/mol. The van der Waals surface area contributed by atoms with Crippen LogP contribution in [0.3, 0.4) is 0 Å². The Kier molecular flexibility index (Phi) is 7.15. The Morgan fingerprint density at radius 2 is 2.03 bits per heavy atom. The normalized spacial score (nSPS) is 11.4. The first kappa shape index (κ1) is 23.1. The van der Waals surface area contributed by atoms with Crippen LogP contribution in [0.15, 0.2) is 56.8 Å². The molecule has 2 aromatic heterocycles. The topological polar surface area (TPSA) is 86.4 Å². The Bertz CT molecular complexity index is 1360. The number of aryl methyl sites for hydroxylation is 2. The third-order valence-electron chi connectivity index (χ3n) is 5.31. The molecule has 33 heavy (non-hydrogen) atoms. The van der Waals surface area contributed by atoms with Crippen LogP contribution in [-0.4, -0.2) is 34.4 Å². The Morgan fingerprint density at radius 3 is 2.82 bits per heavy atom. The zero-order chi connectivity index (χ0) is 23.4. The summed E-state index contributed by atoms with van der Waals surface area (Å²) in [7, 11) is 0. The van der Waals surface area contributed by atoms with Gasteiger partial charge < -0.3 is 14.5 Å². The second-order valence-electron chi connectivity index (χ2n) is 7.83. The Labute approximate surface area is 196 Å². The smallest absolute Gasteiger partial charge is 0.297 e. The van der Waals surface area contributed by atoms with Gasteiger partial charge in [0, 0.05) is 30.8 Å². The molecule has 4 rings (SSSR count). The van der Waals surface area contributed by atoms with Gasteiger partial charge in [-0.3, -0.25) is 14.2 Å². The van der Waals surface area contributed by atoms with Crippen molar-refractivity contribution in [3.05, 3.63) is 63.9 Å². The molecule has 0 unspecified atom stereocenters. The van der Waals surface area contributed by atoms with Crippen LogP contribution in [0.2, 0.25) is 0 Å². The van der Waals surface area contributed by atoms with E-state index in [1.165, 1.54) is 11.8 Å². The summed E-state index contributed by atoms with van der Waals surface area (Å²) < 4.78 is 12.8. The number of hydrogen-bond donors (Lipinski definition) is 1. The molecule has 1 N–H and O–H groups in total. The highest BCUT2D eigenvalue weighted by Gasteiger charge is 2.18. The third-order valence-corrected chi connectivity index (χ3v) is 6.29. The second-order valence-corrected chi connectivity index (χ2v) is 8.78. The Hall–Kier alpha value is -3.10. The van der Waals surface area contributed by atoms with Crippen LogP contribution in [-0.2, 0) is 16.1 Å². The van der Waals surface area contributed by atoms with E-state index >= 15 is 0 Å². The molecule has 1 amide bonds. The molecule has 2 heterocycles. The van der Waals surface area contributed by atoms with Gasteiger partial charge in [0.25, 0.3) is 5.56 Å². The average Bonchev–Trinajstić information content (AvgIpc) is 3.17. The number of para-hydroxylation sites is 1. The fourth-order valence-electron chi connectivity index (χ4n) is 3.70. The first-order valence-corrected chi connectivity index (χ1v) is 12.0. The number of carbonyl (C=O) groups is 1. The number of amides is 1. The fraction of sp³-hybridized carbons (Fsp3) is 0.320. The molecule has 2 aromatic carbocycles. The number of ether oxygens (including phenoxy) is 1. The van der Waals surface area contributed by atoms with E-state index in [0.29, 0.717) is 42.4 Å². The molecule has 0 bridgehead atoms. The zero-order valence-electron chi connectivity index (χ0n) is 19.0. The minimum Gasteiger partial charge on any atom is -0.448 e. The van der Waals surface area contributed by atoms with Gasteiger partial charge in [0.1, 0.15) is 11.1 Å². The number of thioether (sulfide) groups is 1. The number of fused-ring (bicyclic) bond motifs is 3. The first-order chi connectivity index (χ1) is 16.0. The lowest BCUT2D eigenvalue weighted by Gasteiger charge is -2.12. The molecular formula is C25H27N3O4S. The fourth-order valence-corrected chi connectivity index (χ4v) is 4.52. The van der Waals surface area contributed by atoms with Gasteiger partial charge in [-0.05, 0) is 51.0 Å². The van der Waals surface area contributed by atoms with Crippen molar-refractivity contribution in [3.8, 4) is 0 Å². The second kappa shape index (κ2) is 10.2. The van der Waals surface area contributed by atoms with Gasteiger partial charge in [0.05, 0.1) is 5.75 Å². The number of nitrogens with zero attached hydrogens (tertiary/aromatic N) is 2. The minimum atomic E-state index is -0.245. The van der Waals surface area contributed by atoms with Gasteiger partial charge in [-0.2, -0.15) is 0 Å². The van der Waals surface area contributed by atoms with Crippen molar-refractivity contribution in [3.63, 3.8) is 0 Å². The maximum atomic E-state index is 13.3. The highest BCUT2D eigenvalue weighted by Crippen LogP contribution is 2.27. The van der Waals surface area contributed by atoms with Crippen LogP contribution in [0.25, 0.3) is 22.1 Å². The number of nitrogens with one attached hydrogen (secondary N) is 1. The van der Waals surface area contributed by atoms with Gasteiger partial charge in [-0.15, -0.1) is 0 Å². The highest BCUT2D eigenvalue weighted by atomic mass is 32.2. The van der Waals surface area contributed by atoms with Crippen molar-refractivity contribution >= 4 is 45.4 Å². The SMILES string of the molecule is CCOCCCn1c(SCC(=O)Nc2ccc(C)cc2C)nc2c(oc3ccccc32)c1=O. The number of carbonyl (C=O) groups excluding carboxylic acids is 1. The zero-order valence-corrected chi connectivity index (χ0v) is 19.8. The van der Waals surface area contributed by atoms with Crippen molar-refractivity contribution in [1.29, 1.82) is 0 Å². The van der Waals surface area contributed by atoms with E-state index in [1.807, 2.05) is 63.2 Å². The van der Waals surface area contributed by atoms with Crippen molar-refractivity contribution in [2.45, 2.75) is 38.9 Å². The van der Waals surface area contributed by atoms with Crippen LogP contribution in [0.5, 0.6) is 0 Å². The number of aromatic nitrogens is 2. The van der Waals surface area contributed by atoms with E-state index in [1.54, 1.807) is 4.57 Å². The van der Waals surface area contributed by atoms with E-state index in [4.69, 9.17) is 14.1 Å². The van der Waals surface area contributed by atoms with Crippen molar-refractivity contribution < 1.29 is 13.9 Å². The average molecular weight is 466 g/mol. The van der Waals surface area contributed by atoms with Crippen molar-refractivity contribution in [2.24, 2.45) is 0 Å². The summed E-state index contributed by atoms with van der Waals surface area (Å²) in [6.07, 6.45) is 0.656. The number of anilines is 1. The first-order valence-electron chi connectivity index (χ1n) is 11.0. The molecule has 0 radical (unpaired) electrons. The third kappa shape index (κ3) is 5.12. The van der Waals surface area contributed by atoms with E-state index < -0.39 is 0 Å². The minimum absolute atomic E-state index is 0.131. The standard InChI is InChI=1S/C25H27N3O4S/c1-4-31-13-7-12-28-24(30)23-22(18-8-5-6-9-20(18)32-23)27-25(28)33-15-21(29)26-19-11-10-16(2)14-17(19)3/h5-6,8-11,14H,4,7,12-13,15H2,1-3H3,(H,26,29). The summed E-state index contributed by atoms with van der Waals surface area (Å²) in [5.74, 6) is -0.0220. The predicted octanol–water partition coefficient (Wildman–Crippen LogP) is 4.92. The summed E-state index contributed by atoms with van der Waals surface area (Å²) in [4.78, 5) is 30.7. The molecule has 172 valence electrons. The van der Waals surface area contributed by atoms with E-state index in [2.05, 4.69) is 5.32 Å². The Morgan fingerprint density at radius 1 is 1.21 bits per heavy atom. The van der Waals surface area contributed by atoms with Gasteiger partial charge in [-0.25, -0.2) is 4.98 Å². The molecule has 0 atom stereocenters. The number of hydrogen-bond acceptors (Lipinski definition) is 6. The monoisotopic (exact) mass is 465 g/mol. The van der Waals surface area contributed by atoms with Gasteiger partial charge >= 0.3 is 0 Å². The molecule has 0 aliphatic rings. The lowest BCUT2D eigenvalue weighted by Crippen LogP contribution is -2.24. The maximum Gasteiger partial charge on any atom is 0.297 e. The summed E-state index contributed by atoms with van der Waals surface area (Å²) in [5, 5.41) is 4.23. The quantitative estimate of drug-likeness (QED) is 0.215. The van der Waals surface area contributed by atoms with Crippen LogP contribution in [0, 0.1) is 13.8 Å². The molecule has 7 nitrogen and oxygen atoms in total. The summed E-state index contributed by atoms with van der Waals surface area (Å²) >= 11 is 1.25. The maximum absolute atomic E-state index is 13.3. The number of benzene rings is 2. The molecule has 8 heteroatoms. The van der Waals surface area contributed by atoms with E-state index in [-0.39, 0.29) is 22.8 Å². The summed E-state index contributed by atoms with van der Waals surface area (Å²) in [5.41, 5.74) is 4.05. The lowest BCUT2D eigenvalue weighted by atomic mass is 10.1. The molecule has 0 fully saturated rings. The highest BCUT2D eigenvalue weighted by molar-refractivity contribution is 7.99. The molecule has 0 saturated carbocycles. The lowest BCUT2D eigenvalue weighted by molar-refractivity contribution is -0.113. The largest absolute Gasteiger partial charge is 0.448 e. The number of furan rings is 1. The van der Waals surface area contributed by atoms with Crippen LogP contribution >= 0.6 is 11.8 Å². The summed E-state index contributed by atoms with van der Waals surface area (Å²) in [6.45, 7) is 7.50. The van der Waals surface area contributed by atoms with Gasteiger partial charge in [-0.1, -0.05) is 41.6 Å². The number of rotatable bonds is 9. The van der Waals surface area contributed by atoms with Crippen molar-refractivity contribution in [2.75, 3.05) is 24.3 Å². The molecule has 0 aliphatic carbocycles. The summed E-state index contributed by atoms with van der Waals surface area (Å²) in [6, 6.07) is 13.3. The van der Waals surface area contributed by atoms with E-state index in [9.17, 15) is 9.59 Å². The van der Waals surface area contributed by atoms with Crippen LogP contribution < -0.4 is 10.9 Å². The molecule has 4 aromatic rings. The molecule has 0 aliphatic heterocycles. The molecule has 0 spiro atoms. The van der Waals surface area contributed by atoms with Crippen molar-refractivity contribution in [1.82, 2.24) is 9.55 Å². The predicted molar refractivity (Wildman–Crippen MR) is 132 cm³/mol. The van der Waals surface area contributed by atoms with E-state index in [0.717, 1.165) is 22.2 Å². The Balaban J connectivity index is 1.61. The van der Waals surface area contributed by atoms with Gasteiger partial charge in [0.15, 0.2) is 5.16 Å². The van der Waals surface area contributed by atoms with Crippen LogP contribution in [0.4, 0.5) is 5.69 Å².